The Morgan fingerprint density at radius 1 is 0.939 bits per heavy atom. The summed E-state index contributed by atoms with van der Waals surface area (Å²) < 4.78 is 7.19. The van der Waals surface area contributed by atoms with E-state index >= 15 is 0 Å². The van der Waals surface area contributed by atoms with Crippen molar-refractivity contribution in [3.63, 3.8) is 0 Å². The van der Waals surface area contributed by atoms with E-state index in [2.05, 4.69) is 53.7 Å². The molecule has 1 saturated carbocycles. The van der Waals surface area contributed by atoms with E-state index in [9.17, 15) is 4.79 Å². The summed E-state index contributed by atoms with van der Waals surface area (Å²) in [6.45, 7) is 4.17. The molecule has 0 aliphatic heterocycles. The molecule has 1 aliphatic rings. The second kappa shape index (κ2) is 8.58. The van der Waals surface area contributed by atoms with E-state index in [0.29, 0.717) is 11.2 Å². The Hall–Kier alpha value is -3.86. The lowest BCUT2D eigenvalue weighted by Gasteiger charge is -2.13. The number of benzene rings is 3. The van der Waals surface area contributed by atoms with E-state index in [1.807, 2.05) is 55.6 Å². The van der Waals surface area contributed by atoms with Gasteiger partial charge in [0.25, 0.3) is 0 Å². The second-order valence-corrected chi connectivity index (χ2v) is 8.91. The number of nitrogens with one attached hydrogen (secondary N) is 1. The third-order valence-corrected chi connectivity index (χ3v) is 6.42. The third kappa shape index (κ3) is 4.67. The first-order chi connectivity index (χ1) is 16.0. The van der Waals surface area contributed by atoms with Gasteiger partial charge in [-0.15, -0.1) is 5.10 Å². The lowest BCUT2D eigenvalue weighted by atomic mass is 9.95. The summed E-state index contributed by atoms with van der Waals surface area (Å²) in [6, 6.07) is 28.5. The number of hydrogen-bond donors (Lipinski definition) is 1. The van der Waals surface area contributed by atoms with Crippen molar-refractivity contribution < 1.29 is 9.53 Å². The van der Waals surface area contributed by atoms with Crippen LogP contribution in [0, 0.1) is 0 Å². The molecule has 1 fully saturated rings. The molecule has 1 atom stereocenters. The van der Waals surface area contributed by atoms with Crippen LogP contribution in [0.3, 0.4) is 0 Å². The van der Waals surface area contributed by atoms with Crippen molar-refractivity contribution in [1.82, 2.24) is 9.78 Å². The molecular formula is C28H27N3O2. The smallest absolute Gasteiger partial charge is 0.413 e. The summed E-state index contributed by atoms with van der Waals surface area (Å²) in [5.74, 6) is 0.438. The van der Waals surface area contributed by atoms with Crippen molar-refractivity contribution in [3.8, 4) is 16.8 Å². The van der Waals surface area contributed by atoms with Gasteiger partial charge in [0.05, 0.1) is 5.69 Å². The monoisotopic (exact) mass is 437 g/mol. The van der Waals surface area contributed by atoms with Crippen LogP contribution in [0.4, 0.5) is 10.6 Å². The van der Waals surface area contributed by atoms with E-state index in [-0.39, 0.29) is 6.10 Å². The maximum Gasteiger partial charge on any atom is 0.413 e. The highest BCUT2D eigenvalue weighted by Crippen LogP contribution is 2.47. The molecule has 166 valence electrons. The average Bonchev–Trinajstić information content (AvgIpc) is 3.43. The van der Waals surface area contributed by atoms with Crippen LogP contribution >= 0.6 is 0 Å². The quantitative estimate of drug-likeness (QED) is 0.357. The Morgan fingerprint density at radius 2 is 1.58 bits per heavy atom. The largest absolute Gasteiger partial charge is 0.441 e. The van der Waals surface area contributed by atoms with Crippen molar-refractivity contribution in [3.05, 3.63) is 102 Å². The second-order valence-electron chi connectivity index (χ2n) is 8.91. The molecule has 1 aromatic heterocycles. The van der Waals surface area contributed by atoms with Gasteiger partial charge in [-0.25, -0.2) is 9.48 Å². The molecule has 33 heavy (non-hydrogen) atoms. The number of carbonyl (C=O) groups excluding carboxylic acids is 1. The molecule has 0 spiro atoms. The topological polar surface area (TPSA) is 56.1 Å². The highest BCUT2D eigenvalue weighted by molar-refractivity contribution is 5.83. The van der Waals surface area contributed by atoms with Crippen molar-refractivity contribution in [2.24, 2.45) is 0 Å². The first-order valence-corrected chi connectivity index (χ1v) is 11.3. The molecule has 0 bridgehead atoms. The zero-order chi connectivity index (χ0) is 22.8. The number of aromatic nitrogens is 2. The van der Waals surface area contributed by atoms with Crippen LogP contribution < -0.4 is 5.32 Å². The highest BCUT2D eigenvalue weighted by atomic mass is 16.6. The summed E-state index contributed by atoms with van der Waals surface area (Å²) >= 11 is 0. The van der Waals surface area contributed by atoms with E-state index < -0.39 is 6.09 Å². The minimum absolute atomic E-state index is 0.345. The minimum Gasteiger partial charge on any atom is -0.441 e. The van der Waals surface area contributed by atoms with Gasteiger partial charge in [0, 0.05) is 12.3 Å². The first-order valence-electron chi connectivity index (χ1n) is 11.3. The Bertz CT molecular complexity index is 1240. The summed E-state index contributed by atoms with van der Waals surface area (Å²) in [5, 5.41) is 7.15. The maximum atomic E-state index is 12.3. The predicted octanol–water partition coefficient (Wildman–Crippen LogP) is 6.90. The number of hydrogen-bond acceptors (Lipinski definition) is 3. The fraction of sp³-hybridized carbons (Fsp3) is 0.214. The molecule has 1 N–H and O–H groups in total. The van der Waals surface area contributed by atoms with E-state index in [0.717, 1.165) is 16.8 Å². The molecule has 5 heteroatoms. The van der Waals surface area contributed by atoms with Crippen molar-refractivity contribution >= 4 is 11.9 Å². The van der Waals surface area contributed by atoms with E-state index in [4.69, 9.17) is 4.74 Å². The lowest BCUT2D eigenvalue weighted by molar-refractivity contribution is 0.121. The van der Waals surface area contributed by atoms with Crippen LogP contribution in [0.15, 0.2) is 91.1 Å². The first kappa shape index (κ1) is 21.0. The molecule has 1 aliphatic carbocycles. The van der Waals surface area contributed by atoms with Gasteiger partial charge in [-0.05, 0) is 59.6 Å². The number of rotatable bonds is 6. The van der Waals surface area contributed by atoms with Crippen molar-refractivity contribution in [1.29, 1.82) is 0 Å². The molecule has 5 nitrogen and oxygen atoms in total. The standard InChI is InChI=1S/C28H27N3O2/c1-20(21-6-4-3-5-7-21)33-27(32)29-26-16-19-31(30-26)25-14-10-23(11-15-25)22-8-12-24(13-9-22)28(2)17-18-28/h3-16,19-20H,17-18H2,1-2H3,(H,29,30,32)/t20-/m1/s1. The fourth-order valence-corrected chi connectivity index (χ4v) is 3.97. The molecular weight excluding hydrogens is 410 g/mol. The number of ether oxygens (including phenoxy) is 1. The molecule has 4 aromatic rings. The molecule has 1 heterocycles. The van der Waals surface area contributed by atoms with Crippen LogP contribution in [-0.2, 0) is 10.2 Å². The van der Waals surface area contributed by atoms with Gasteiger partial charge >= 0.3 is 6.09 Å². The molecule has 3 aromatic carbocycles. The molecule has 1 amide bonds. The number of anilines is 1. The van der Waals surface area contributed by atoms with Gasteiger partial charge in [-0.1, -0.05) is 73.7 Å². The summed E-state index contributed by atoms with van der Waals surface area (Å²) in [5.41, 5.74) is 6.04. The third-order valence-electron chi connectivity index (χ3n) is 6.42. The Morgan fingerprint density at radius 3 is 2.21 bits per heavy atom. The average molecular weight is 438 g/mol. The number of nitrogens with zero attached hydrogens (tertiary/aromatic N) is 2. The molecule has 5 rings (SSSR count). The molecule has 0 saturated heterocycles. The molecule has 0 unspecified atom stereocenters. The highest BCUT2D eigenvalue weighted by Gasteiger charge is 2.38. The fourth-order valence-electron chi connectivity index (χ4n) is 3.97. The SMILES string of the molecule is C[C@@H](OC(=O)Nc1ccn(-c2ccc(-c3ccc(C4(C)CC4)cc3)cc2)n1)c1ccccc1. The Kier molecular flexibility index (Phi) is 5.47. The number of amides is 1. The predicted molar refractivity (Wildman–Crippen MR) is 131 cm³/mol. The van der Waals surface area contributed by atoms with Crippen LogP contribution in [0.5, 0.6) is 0 Å². The normalized spacial score (nSPS) is 15.0. The lowest BCUT2D eigenvalue weighted by Crippen LogP contribution is -2.16. The van der Waals surface area contributed by atoms with Crippen molar-refractivity contribution in [2.45, 2.75) is 38.2 Å². The van der Waals surface area contributed by atoms with Crippen LogP contribution in [0.2, 0.25) is 0 Å². The van der Waals surface area contributed by atoms with E-state index in [1.54, 1.807) is 10.7 Å². The summed E-state index contributed by atoms with van der Waals surface area (Å²) in [4.78, 5) is 12.3. The van der Waals surface area contributed by atoms with Gasteiger partial charge in [-0.2, -0.15) is 0 Å². The van der Waals surface area contributed by atoms with Gasteiger partial charge in [0.1, 0.15) is 6.10 Å². The Labute approximate surface area is 194 Å². The van der Waals surface area contributed by atoms with Crippen LogP contribution in [0.1, 0.15) is 43.9 Å². The number of carbonyl (C=O) groups is 1. The van der Waals surface area contributed by atoms with Gasteiger partial charge in [0.15, 0.2) is 5.82 Å². The Balaban J connectivity index is 1.22. The zero-order valence-corrected chi connectivity index (χ0v) is 18.9. The minimum atomic E-state index is -0.532. The van der Waals surface area contributed by atoms with Gasteiger partial charge < -0.3 is 4.74 Å². The zero-order valence-electron chi connectivity index (χ0n) is 18.9. The van der Waals surface area contributed by atoms with Crippen molar-refractivity contribution in [2.75, 3.05) is 5.32 Å². The van der Waals surface area contributed by atoms with Gasteiger partial charge in [0.2, 0.25) is 0 Å². The van der Waals surface area contributed by atoms with E-state index in [1.165, 1.54) is 24.0 Å². The summed E-state index contributed by atoms with van der Waals surface area (Å²) in [6.07, 6.45) is 3.51. The molecule has 0 radical (unpaired) electrons. The van der Waals surface area contributed by atoms with Crippen LogP contribution in [0.25, 0.3) is 16.8 Å². The summed E-state index contributed by atoms with van der Waals surface area (Å²) in [7, 11) is 0. The van der Waals surface area contributed by atoms with Gasteiger partial charge in [-0.3, -0.25) is 5.32 Å². The maximum absolute atomic E-state index is 12.3. The van der Waals surface area contributed by atoms with Crippen LogP contribution in [-0.4, -0.2) is 15.9 Å².